The van der Waals surface area contributed by atoms with Gasteiger partial charge in [-0.15, -0.1) is 0 Å². The zero-order chi connectivity index (χ0) is 21.0. The normalized spacial score (nSPS) is 12.6. The molecule has 1 atom stereocenters. The molecule has 9 heteroatoms. The number of aromatic nitrogens is 2. The Bertz CT molecular complexity index is 984. The third-order valence-electron chi connectivity index (χ3n) is 4.11. The molecule has 0 aliphatic rings. The molecule has 0 N–H and O–H groups in total. The fraction of sp³-hybridized carbons (Fsp3) is 0.250. The largest absolute Gasteiger partial charge is 0.497 e. The van der Waals surface area contributed by atoms with Gasteiger partial charge in [0, 0.05) is 22.6 Å². The molecule has 1 unspecified atom stereocenters. The summed E-state index contributed by atoms with van der Waals surface area (Å²) in [7, 11) is 0.554. The number of hydrogen-bond acceptors (Lipinski definition) is 4. The zero-order valence-corrected chi connectivity index (χ0v) is 16.6. The molecule has 1 heterocycles. The third kappa shape index (κ3) is 5.17. The lowest BCUT2D eigenvalue weighted by molar-refractivity contribution is -0.141. The van der Waals surface area contributed by atoms with Gasteiger partial charge >= 0.3 is 6.18 Å². The summed E-state index contributed by atoms with van der Waals surface area (Å²) in [4.78, 5) is 0. The van der Waals surface area contributed by atoms with Gasteiger partial charge < -0.3 is 9.47 Å². The summed E-state index contributed by atoms with van der Waals surface area (Å²) in [6, 6.07) is 14.2. The fourth-order valence-electron chi connectivity index (χ4n) is 2.64. The predicted molar refractivity (Wildman–Crippen MR) is 105 cm³/mol. The van der Waals surface area contributed by atoms with Gasteiger partial charge in [-0.25, -0.2) is 4.68 Å². The molecule has 154 valence electrons. The highest BCUT2D eigenvalue weighted by atomic mass is 32.2. The lowest BCUT2D eigenvalue weighted by atomic mass is 10.1. The Balaban J connectivity index is 1.94. The number of benzene rings is 2. The van der Waals surface area contributed by atoms with Crippen molar-refractivity contribution in [3.05, 3.63) is 60.3 Å². The van der Waals surface area contributed by atoms with Gasteiger partial charge in [-0.1, -0.05) is 0 Å². The first kappa shape index (κ1) is 20.9. The van der Waals surface area contributed by atoms with Crippen molar-refractivity contribution in [1.29, 1.82) is 0 Å². The number of alkyl halides is 3. The molecule has 0 spiro atoms. The highest BCUT2D eigenvalue weighted by molar-refractivity contribution is 7.84. The average molecular weight is 424 g/mol. The Morgan fingerprint density at radius 2 is 1.66 bits per heavy atom. The molecule has 1 aromatic heterocycles. The van der Waals surface area contributed by atoms with Crippen LogP contribution < -0.4 is 9.47 Å². The molecule has 0 bridgehead atoms. The van der Waals surface area contributed by atoms with E-state index in [1.54, 1.807) is 54.8 Å². The first-order valence-corrected chi connectivity index (χ1v) is 10.4. The summed E-state index contributed by atoms with van der Waals surface area (Å²) in [5.74, 6) is 1.54. The fourth-order valence-corrected chi connectivity index (χ4v) is 2.96. The van der Waals surface area contributed by atoms with E-state index in [1.807, 2.05) is 0 Å². The van der Waals surface area contributed by atoms with Gasteiger partial charge in [0.15, 0.2) is 5.69 Å². The Kier molecular flexibility index (Phi) is 6.26. The maximum atomic E-state index is 13.3. The van der Waals surface area contributed by atoms with Gasteiger partial charge in [0.2, 0.25) is 0 Å². The van der Waals surface area contributed by atoms with Crippen molar-refractivity contribution in [3.8, 4) is 28.4 Å². The summed E-state index contributed by atoms with van der Waals surface area (Å²) < 4.78 is 62.7. The number of methoxy groups -OCH3 is 1. The minimum Gasteiger partial charge on any atom is -0.497 e. The molecular weight excluding hydrogens is 405 g/mol. The van der Waals surface area contributed by atoms with E-state index in [0.717, 1.165) is 6.07 Å². The maximum absolute atomic E-state index is 13.3. The summed E-state index contributed by atoms with van der Waals surface area (Å²) in [6.07, 6.45) is -2.98. The number of hydrogen-bond donors (Lipinski definition) is 0. The van der Waals surface area contributed by atoms with Gasteiger partial charge in [-0.3, -0.25) is 4.21 Å². The van der Waals surface area contributed by atoms with Crippen molar-refractivity contribution >= 4 is 10.8 Å². The summed E-state index contributed by atoms with van der Waals surface area (Å²) in [6.45, 7) is 0.296. The molecular formula is C20H19F3N2O3S. The van der Waals surface area contributed by atoms with E-state index >= 15 is 0 Å². The third-order valence-corrected chi connectivity index (χ3v) is 4.85. The maximum Gasteiger partial charge on any atom is 0.435 e. The van der Waals surface area contributed by atoms with Crippen LogP contribution >= 0.6 is 0 Å². The van der Waals surface area contributed by atoms with Crippen LogP contribution in [0.5, 0.6) is 11.5 Å². The molecule has 0 fully saturated rings. The van der Waals surface area contributed by atoms with Crippen LogP contribution in [0.3, 0.4) is 0 Å². The molecule has 29 heavy (non-hydrogen) atoms. The highest BCUT2D eigenvalue weighted by Crippen LogP contribution is 2.34. The first-order valence-electron chi connectivity index (χ1n) is 8.63. The lowest BCUT2D eigenvalue weighted by Crippen LogP contribution is -2.07. The Morgan fingerprint density at radius 1 is 1.03 bits per heavy atom. The summed E-state index contributed by atoms with van der Waals surface area (Å²) in [5.41, 5.74) is 0.343. The van der Waals surface area contributed by atoms with Crippen molar-refractivity contribution in [2.45, 2.75) is 6.18 Å². The van der Waals surface area contributed by atoms with Crippen LogP contribution in [-0.2, 0) is 17.0 Å². The molecule has 0 aliphatic heterocycles. The molecule has 0 saturated heterocycles. The minimum absolute atomic E-state index is 0.295. The molecule has 3 aromatic rings. The lowest BCUT2D eigenvalue weighted by Gasteiger charge is -2.10. The quantitative estimate of drug-likeness (QED) is 0.567. The molecule has 0 amide bonds. The summed E-state index contributed by atoms with van der Waals surface area (Å²) in [5, 5.41) is 3.76. The number of ether oxygens (including phenoxy) is 2. The SMILES string of the molecule is COc1ccc(-n2nc(C(F)(F)F)cc2-c2ccc(OCCS(C)=O)cc2)cc1. The van der Waals surface area contributed by atoms with Crippen LogP contribution in [0.15, 0.2) is 54.6 Å². The van der Waals surface area contributed by atoms with Gasteiger partial charge in [0.1, 0.15) is 11.5 Å². The van der Waals surface area contributed by atoms with Crippen LogP contribution in [0.25, 0.3) is 16.9 Å². The second kappa shape index (κ2) is 8.69. The Morgan fingerprint density at radius 3 is 2.21 bits per heavy atom. The van der Waals surface area contributed by atoms with Gasteiger partial charge in [0.25, 0.3) is 0 Å². The van der Waals surface area contributed by atoms with E-state index in [9.17, 15) is 17.4 Å². The smallest absolute Gasteiger partial charge is 0.435 e. The predicted octanol–water partition coefficient (Wildman–Crippen LogP) is 4.32. The Labute approximate surface area is 168 Å². The van der Waals surface area contributed by atoms with E-state index in [0.29, 0.717) is 40.8 Å². The average Bonchev–Trinajstić information content (AvgIpc) is 3.14. The van der Waals surface area contributed by atoms with Crippen molar-refractivity contribution < 1.29 is 26.9 Å². The van der Waals surface area contributed by atoms with E-state index in [2.05, 4.69) is 5.10 Å². The van der Waals surface area contributed by atoms with E-state index in [-0.39, 0.29) is 0 Å². The van der Waals surface area contributed by atoms with Crippen molar-refractivity contribution in [3.63, 3.8) is 0 Å². The highest BCUT2D eigenvalue weighted by Gasteiger charge is 2.35. The van der Waals surface area contributed by atoms with E-state index in [4.69, 9.17) is 9.47 Å². The van der Waals surface area contributed by atoms with Crippen LogP contribution in [-0.4, -0.2) is 39.7 Å². The van der Waals surface area contributed by atoms with Crippen molar-refractivity contribution in [1.82, 2.24) is 9.78 Å². The topological polar surface area (TPSA) is 53.4 Å². The second-order valence-electron chi connectivity index (χ2n) is 6.17. The van der Waals surface area contributed by atoms with E-state index in [1.165, 1.54) is 11.8 Å². The summed E-state index contributed by atoms with van der Waals surface area (Å²) >= 11 is 0. The van der Waals surface area contributed by atoms with Crippen LogP contribution in [0.2, 0.25) is 0 Å². The molecule has 0 saturated carbocycles. The minimum atomic E-state index is -4.56. The zero-order valence-electron chi connectivity index (χ0n) is 15.8. The molecule has 0 aliphatic carbocycles. The molecule has 2 aromatic carbocycles. The number of halogens is 3. The number of rotatable bonds is 7. The van der Waals surface area contributed by atoms with Crippen molar-refractivity contribution in [2.75, 3.05) is 25.7 Å². The van der Waals surface area contributed by atoms with E-state index < -0.39 is 22.7 Å². The molecule has 0 radical (unpaired) electrons. The van der Waals surface area contributed by atoms with Crippen LogP contribution in [0.4, 0.5) is 13.2 Å². The number of nitrogens with zero attached hydrogens (tertiary/aromatic N) is 2. The molecule has 5 nitrogen and oxygen atoms in total. The van der Waals surface area contributed by atoms with Gasteiger partial charge in [-0.05, 0) is 54.6 Å². The van der Waals surface area contributed by atoms with Gasteiger partial charge in [0.05, 0.1) is 30.9 Å². The second-order valence-corrected chi connectivity index (χ2v) is 7.73. The molecule has 3 rings (SSSR count). The van der Waals surface area contributed by atoms with Crippen LogP contribution in [0.1, 0.15) is 5.69 Å². The van der Waals surface area contributed by atoms with Gasteiger partial charge in [-0.2, -0.15) is 18.3 Å². The van der Waals surface area contributed by atoms with Crippen LogP contribution in [0, 0.1) is 0 Å². The monoisotopic (exact) mass is 424 g/mol. The van der Waals surface area contributed by atoms with Crippen molar-refractivity contribution in [2.24, 2.45) is 0 Å². The standard InChI is InChI=1S/C20H19F3N2O3S/c1-27-16-9-5-15(6-10-16)25-18(13-19(24-25)20(21,22)23)14-3-7-17(8-4-14)28-11-12-29(2)26/h3-10,13H,11-12H2,1-2H3. The first-order chi connectivity index (χ1) is 13.8. The Hall–Kier alpha value is -2.81.